The average molecular weight is 440 g/mol. The Kier molecular flexibility index (Phi) is 5.73. The molecule has 164 valence electrons. The molecular weight excluding hydrogens is 410 g/mol. The Morgan fingerprint density at radius 2 is 2.06 bits per heavy atom. The quantitative estimate of drug-likeness (QED) is 0.511. The molecule has 31 heavy (non-hydrogen) atoms. The Labute approximate surface area is 186 Å². The summed E-state index contributed by atoms with van der Waals surface area (Å²) >= 11 is 1.55. The Morgan fingerprint density at radius 1 is 1.29 bits per heavy atom. The molecule has 0 bridgehead atoms. The monoisotopic (exact) mass is 439 g/mol. The van der Waals surface area contributed by atoms with E-state index in [9.17, 15) is 9.59 Å². The molecule has 0 spiro atoms. The lowest BCUT2D eigenvalue weighted by atomic mass is 9.69. The van der Waals surface area contributed by atoms with Crippen LogP contribution >= 0.6 is 11.8 Å². The highest BCUT2D eigenvalue weighted by Gasteiger charge is 2.42. The number of fused-ring (bicyclic) bond motifs is 1. The molecule has 2 aromatic rings. The van der Waals surface area contributed by atoms with Crippen molar-refractivity contribution in [3.63, 3.8) is 0 Å². The summed E-state index contributed by atoms with van der Waals surface area (Å²) in [7, 11) is 1.61. The SMILES string of the molecule is CC[C@H](C)Sc1nc2c(c(=O)[nH]1)[C@@H](c1cccc(OC)c1)C1=C(CC(C)(C)CC1=O)N2. The molecule has 1 aliphatic carbocycles. The van der Waals surface area contributed by atoms with Gasteiger partial charge in [-0.15, -0.1) is 0 Å². The van der Waals surface area contributed by atoms with E-state index in [1.54, 1.807) is 18.9 Å². The number of nitrogens with one attached hydrogen (secondary N) is 2. The molecular formula is C24H29N3O3S. The molecule has 0 fully saturated rings. The van der Waals surface area contributed by atoms with E-state index < -0.39 is 5.92 Å². The van der Waals surface area contributed by atoms with Crippen LogP contribution < -0.4 is 15.6 Å². The number of H-pyrrole nitrogens is 1. The number of carbonyl (C=O) groups excluding carboxylic acids is 1. The number of anilines is 1. The molecule has 1 aromatic carbocycles. The third kappa shape index (κ3) is 4.15. The molecule has 4 rings (SSSR count). The number of ether oxygens (including phenoxy) is 1. The van der Waals surface area contributed by atoms with Crippen LogP contribution in [0.1, 0.15) is 64.0 Å². The third-order valence-corrected chi connectivity index (χ3v) is 7.17. The lowest BCUT2D eigenvalue weighted by Gasteiger charge is -2.38. The number of rotatable bonds is 5. The lowest BCUT2D eigenvalue weighted by molar-refractivity contribution is -0.118. The van der Waals surface area contributed by atoms with Gasteiger partial charge in [0.05, 0.1) is 12.7 Å². The van der Waals surface area contributed by atoms with E-state index in [2.05, 4.69) is 38.0 Å². The van der Waals surface area contributed by atoms with Gasteiger partial charge in [-0.05, 0) is 36.0 Å². The molecule has 1 aliphatic heterocycles. The minimum atomic E-state index is -0.469. The molecule has 2 atom stereocenters. The number of methoxy groups -OCH3 is 1. The van der Waals surface area contributed by atoms with Gasteiger partial charge in [-0.3, -0.25) is 9.59 Å². The number of ketones is 1. The van der Waals surface area contributed by atoms with E-state index in [4.69, 9.17) is 9.72 Å². The van der Waals surface area contributed by atoms with Crippen molar-refractivity contribution in [3.05, 3.63) is 57.0 Å². The molecule has 0 saturated carbocycles. The fraction of sp³-hybridized carbons (Fsp3) is 0.458. The standard InChI is InChI=1S/C24H29N3O3S/c1-6-13(2)31-23-26-21-20(22(29)27-23)18(14-8-7-9-15(10-14)30-5)19-16(25-21)11-24(3,4)12-17(19)28/h7-10,13,18H,6,11-12H2,1-5H3,(H2,25,26,27,29)/t13-,18-/m0/s1. The first kappa shape index (κ1) is 21.7. The number of Topliss-reactive ketones (excluding diaryl/α,β-unsaturated/α-hetero) is 1. The molecule has 2 N–H and O–H groups in total. The predicted octanol–water partition coefficient (Wildman–Crippen LogP) is 4.87. The molecule has 0 amide bonds. The first-order valence-electron chi connectivity index (χ1n) is 10.7. The van der Waals surface area contributed by atoms with E-state index in [1.807, 2.05) is 24.3 Å². The van der Waals surface area contributed by atoms with E-state index in [0.717, 1.165) is 24.1 Å². The average Bonchev–Trinajstić information content (AvgIpc) is 2.71. The molecule has 1 aromatic heterocycles. The van der Waals surface area contributed by atoms with Crippen LogP contribution in [0.2, 0.25) is 0 Å². The van der Waals surface area contributed by atoms with Crippen LogP contribution in [0, 0.1) is 5.41 Å². The van der Waals surface area contributed by atoms with Crippen LogP contribution in [0.15, 0.2) is 45.5 Å². The number of hydrogen-bond acceptors (Lipinski definition) is 6. The Hall–Kier alpha value is -2.54. The van der Waals surface area contributed by atoms with Crippen molar-refractivity contribution in [1.29, 1.82) is 0 Å². The second-order valence-corrected chi connectivity index (χ2v) is 10.6. The molecule has 6 nitrogen and oxygen atoms in total. The summed E-state index contributed by atoms with van der Waals surface area (Å²) < 4.78 is 5.41. The maximum Gasteiger partial charge on any atom is 0.257 e. The molecule has 0 saturated heterocycles. The van der Waals surface area contributed by atoms with Gasteiger partial charge >= 0.3 is 0 Å². The zero-order valence-electron chi connectivity index (χ0n) is 18.7. The summed E-state index contributed by atoms with van der Waals surface area (Å²) in [6.07, 6.45) is 2.16. The van der Waals surface area contributed by atoms with Crippen LogP contribution in [0.3, 0.4) is 0 Å². The topological polar surface area (TPSA) is 84.1 Å². The highest BCUT2D eigenvalue weighted by atomic mass is 32.2. The number of nitrogens with zero attached hydrogens (tertiary/aromatic N) is 1. The van der Waals surface area contributed by atoms with Crippen molar-refractivity contribution in [2.45, 2.75) is 63.3 Å². The maximum atomic E-state index is 13.3. The molecule has 7 heteroatoms. The largest absolute Gasteiger partial charge is 0.497 e. The van der Waals surface area contributed by atoms with Crippen LogP contribution in [0.25, 0.3) is 0 Å². The van der Waals surface area contributed by atoms with Gasteiger partial charge in [0, 0.05) is 28.9 Å². The highest BCUT2D eigenvalue weighted by molar-refractivity contribution is 7.99. The van der Waals surface area contributed by atoms with Gasteiger partial charge in [0.15, 0.2) is 10.9 Å². The van der Waals surface area contributed by atoms with Crippen molar-refractivity contribution < 1.29 is 9.53 Å². The van der Waals surface area contributed by atoms with Crippen molar-refractivity contribution in [2.75, 3.05) is 12.4 Å². The highest BCUT2D eigenvalue weighted by Crippen LogP contribution is 2.48. The van der Waals surface area contributed by atoms with Gasteiger partial charge in [0.2, 0.25) is 0 Å². The van der Waals surface area contributed by atoms with Gasteiger partial charge in [-0.1, -0.05) is 51.6 Å². The summed E-state index contributed by atoms with van der Waals surface area (Å²) in [5.41, 5.74) is 2.55. The van der Waals surface area contributed by atoms with Crippen molar-refractivity contribution >= 4 is 23.4 Å². The van der Waals surface area contributed by atoms with Crippen LogP contribution in [-0.4, -0.2) is 28.1 Å². The second kappa shape index (κ2) is 8.19. The molecule has 2 aliphatic rings. The maximum absolute atomic E-state index is 13.3. The second-order valence-electron chi connectivity index (χ2n) is 9.14. The number of aromatic nitrogens is 2. The van der Waals surface area contributed by atoms with Crippen molar-refractivity contribution in [2.24, 2.45) is 5.41 Å². The molecule has 2 heterocycles. The van der Waals surface area contributed by atoms with Crippen LogP contribution in [0.4, 0.5) is 5.82 Å². The fourth-order valence-corrected chi connectivity index (χ4v) is 5.22. The van der Waals surface area contributed by atoms with Gasteiger partial charge in [0.1, 0.15) is 11.6 Å². The predicted molar refractivity (Wildman–Crippen MR) is 124 cm³/mol. The number of thioether (sulfide) groups is 1. The zero-order valence-corrected chi connectivity index (χ0v) is 19.5. The minimum Gasteiger partial charge on any atom is -0.497 e. The van der Waals surface area contributed by atoms with Gasteiger partial charge in [-0.2, -0.15) is 0 Å². The number of allylic oxidation sites excluding steroid dienone is 2. The van der Waals surface area contributed by atoms with E-state index in [-0.39, 0.29) is 16.8 Å². The number of hydrogen-bond donors (Lipinski definition) is 2. The van der Waals surface area contributed by atoms with E-state index >= 15 is 0 Å². The zero-order chi connectivity index (χ0) is 22.3. The summed E-state index contributed by atoms with van der Waals surface area (Å²) in [4.78, 5) is 34.3. The Balaban J connectivity index is 1.91. The number of benzene rings is 1. The summed E-state index contributed by atoms with van der Waals surface area (Å²) in [5, 5.41) is 4.30. The van der Waals surface area contributed by atoms with Crippen molar-refractivity contribution in [1.82, 2.24) is 9.97 Å². The third-order valence-electron chi connectivity index (χ3n) is 6.02. The van der Waals surface area contributed by atoms with Crippen LogP contribution in [-0.2, 0) is 4.79 Å². The Morgan fingerprint density at radius 3 is 2.77 bits per heavy atom. The fourth-order valence-electron chi connectivity index (χ4n) is 4.38. The van der Waals surface area contributed by atoms with Gasteiger partial charge < -0.3 is 15.0 Å². The van der Waals surface area contributed by atoms with E-state index in [0.29, 0.717) is 39.5 Å². The van der Waals surface area contributed by atoms with Crippen LogP contribution in [0.5, 0.6) is 5.75 Å². The summed E-state index contributed by atoms with van der Waals surface area (Å²) in [5.74, 6) is 0.849. The molecule has 0 radical (unpaired) electrons. The number of carbonyl (C=O) groups is 1. The Bertz CT molecular complexity index is 1120. The smallest absolute Gasteiger partial charge is 0.257 e. The van der Waals surface area contributed by atoms with Gasteiger partial charge in [-0.25, -0.2) is 4.98 Å². The van der Waals surface area contributed by atoms with E-state index in [1.165, 1.54) is 0 Å². The summed E-state index contributed by atoms with van der Waals surface area (Å²) in [6.45, 7) is 8.42. The van der Waals surface area contributed by atoms with Crippen molar-refractivity contribution in [3.8, 4) is 5.75 Å². The van der Waals surface area contributed by atoms with Gasteiger partial charge in [0.25, 0.3) is 5.56 Å². The summed E-state index contributed by atoms with van der Waals surface area (Å²) in [6, 6.07) is 7.60. The minimum absolute atomic E-state index is 0.0784. The normalized spacial score (nSPS) is 20.5. The first-order valence-corrected chi connectivity index (χ1v) is 11.6. The first-order chi connectivity index (χ1) is 14.7. The lowest BCUT2D eigenvalue weighted by Crippen LogP contribution is -2.37. The number of aromatic amines is 1. The molecule has 0 unspecified atom stereocenters.